The number of nitrogens with one attached hydrogen (secondary N) is 1. The summed E-state index contributed by atoms with van der Waals surface area (Å²) < 4.78 is 1.82. The molecule has 0 bridgehead atoms. The summed E-state index contributed by atoms with van der Waals surface area (Å²) in [5, 5.41) is 5.47. The van der Waals surface area contributed by atoms with Gasteiger partial charge >= 0.3 is 0 Å². The smallest absolute Gasteiger partial charge is 0.155 e. The second kappa shape index (κ2) is 6.51. The molecule has 0 aromatic carbocycles. The number of thiazole rings is 1. The molecule has 28 heavy (non-hydrogen) atoms. The summed E-state index contributed by atoms with van der Waals surface area (Å²) in [7, 11) is 0. The van der Waals surface area contributed by atoms with Gasteiger partial charge in [-0.3, -0.25) is 4.79 Å². The molecular formula is C21H23N5OS. The number of hydrogen-bond donors (Lipinski definition) is 1. The number of hydrogen-bond acceptors (Lipinski definition) is 5. The Labute approximate surface area is 167 Å². The van der Waals surface area contributed by atoms with Crippen LogP contribution in [-0.2, 0) is 4.79 Å². The van der Waals surface area contributed by atoms with Gasteiger partial charge in [0.05, 0.1) is 10.7 Å². The minimum absolute atomic E-state index is 0.345. The third kappa shape index (κ3) is 2.76. The van der Waals surface area contributed by atoms with Crippen LogP contribution in [0.1, 0.15) is 67.5 Å². The number of aromatic nitrogens is 5. The number of carbonyl (C=O) groups is 1. The van der Waals surface area contributed by atoms with Gasteiger partial charge in [0, 0.05) is 36.1 Å². The third-order valence-corrected chi connectivity index (χ3v) is 6.90. The number of Topliss-reactive ketones (excluding diaryl/α,β-unsaturated/α-hetero) is 1. The lowest BCUT2D eigenvalue weighted by atomic mass is 9.89. The van der Waals surface area contributed by atoms with E-state index in [1.165, 1.54) is 16.1 Å². The fourth-order valence-electron chi connectivity index (χ4n) is 4.26. The van der Waals surface area contributed by atoms with Crippen molar-refractivity contribution in [2.75, 3.05) is 0 Å². The minimum Gasteiger partial charge on any atom is -0.345 e. The van der Waals surface area contributed by atoms with E-state index >= 15 is 0 Å². The molecule has 5 rings (SSSR count). The van der Waals surface area contributed by atoms with Gasteiger partial charge in [0.1, 0.15) is 22.5 Å². The van der Waals surface area contributed by atoms with Crippen molar-refractivity contribution in [3.8, 4) is 11.3 Å². The zero-order valence-electron chi connectivity index (χ0n) is 16.3. The molecule has 7 heteroatoms. The highest BCUT2D eigenvalue weighted by atomic mass is 32.1. The SMILES string of the molecule is Cc1cc2ncnn2cc1-c1[nH]c2sc(C3CCC(=O)CC3)nc2c1C(C)C. The van der Waals surface area contributed by atoms with E-state index in [-0.39, 0.29) is 0 Å². The lowest BCUT2D eigenvalue weighted by Crippen LogP contribution is -2.12. The molecule has 1 N–H and O–H groups in total. The van der Waals surface area contributed by atoms with E-state index in [9.17, 15) is 4.79 Å². The predicted octanol–water partition coefficient (Wildman–Crippen LogP) is 4.99. The zero-order chi connectivity index (χ0) is 19.4. The zero-order valence-corrected chi connectivity index (χ0v) is 17.1. The van der Waals surface area contributed by atoms with Crippen LogP contribution in [0.25, 0.3) is 27.3 Å². The Hall–Kier alpha value is -2.54. The standard InChI is InChI=1S/C21H23N5OS/c1-11(2)17-18(15-9-26-16(8-12(15)3)22-10-23-26)24-21-19(17)25-20(28-21)13-4-6-14(27)7-5-13/h8-11,13,24H,4-7H2,1-3H3. The van der Waals surface area contributed by atoms with Crippen LogP contribution in [0.4, 0.5) is 0 Å². The number of aryl methyl sites for hydroxylation is 1. The van der Waals surface area contributed by atoms with E-state index in [1.807, 2.05) is 10.7 Å². The van der Waals surface area contributed by atoms with Crippen LogP contribution < -0.4 is 0 Å². The van der Waals surface area contributed by atoms with Gasteiger partial charge in [-0.25, -0.2) is 14.5 Å². The van der Waals surface area contributed by atoms with E-state index in [0.717, 1.165) is 40.1 Å². The molecule has 1 aliphatic carbocycles. The Kier molecular flexibility index (Phi) is 4.08. The van der Waals surface area contributed by atoms with E-state index < -0.39 is 0 Å². The summed E-state index contributed by atoms with van der Waals surface area (Å²) in [6.45, 7) is 6.54. The Balaban J connectivity index is 1.63. The first-order valence-corrected chi connectivity index (χ1v) is 10.7. The van der Waals surface area contributed by atoms with Crippen LogP contribution in [-0.4, -0.2) is 30.3 Å². The highest BCUT2D eigenvalue weighted by Crippen LogP contribution is 2.42. The maximum atomic E-state index is 11.6. The fourth-order valence-corrected chi connectivity index (χ4v) is 5.41. The highest BCUT2D eigenvalue weighted by molar-refractivity contribution is 7.18. The van der Waals surface area contributed by atoms with Gasteiger partial charge < -0.3 is 4.98 Å². The third-order valence-electron chi connectivity index (χ3n) is 5.77. The van der Waals surface area contributed by atoms with Gasteiger partial charge in [0.2, 0.25) is 0 Å². The minimum atomic E-state index is 0.345. The monoisotopic (exact) mass is 393 g/mol. The number of pyridine rings is 1. The van der Waals surface area contributed by atoms with Gasteiger partial charge in [-0.05, 0) is 37.3 Å². The lowest BCUT2D eigenvalue weighted by Gasteiger charge is -2.18. The van der Waals surface area contributed by atoms with Crippen LogP contribution in [0.3, 0.4) is 0 Å². The van der Waals surface area contributed by atoms with Crippen LogP contribution in [0.5, 0.6) is 0 Å². The number of nitrogens with zero attached hydrogens (tertiary/aromatic N) is 4. The molecule has 0 spiro atoms. The topological polar surface area (TPSA) is 75.9 Å². The summed E-state index contributed by atoms with van der Waals surface area (Å²) in [6, 6.07) is 2.07. The van der Waals surface area contributed by atoms with E-state index in [4.69, 9.17) is 4.98 Å². The van der Waals surface area contributed by atoms with Crippen molar-refractivity contribution in [3.05, 3.63) is 34.7 Å². The summed E-state index contributed by atoms with van der Waals surface area (Å²) in [5.41, 5.74) is 6.63. The number of H-pyrrole nitrogens is 1. The molecular weight excluding hydrogens is 370 g/mol. The number of aromatic amines is 1. The molecule has 0 radical (unpaired) electrons. The Morgan fingerprint density at radius 3 is 2.82 bits per heavy atom. The molecule has 0 saturated heterocycles. The number of carbonyl (C=O) groups excluding carboxylic acids is 1. The average Bonchev–Trinajstić information content (AvgIpc) is 3.34. The maximum absolute atomic E-state index is 11.6. The van der Waals surface area contributed by atoms with Crippen molar-refractivity contribution in [3.63, 3.8) is 0 Å². The second-order valence-corrected chi connectivity index (χ2v) is 9.07. The molecule has 4 aromatic rings. The summed E-state index contributed by atoms with van der Waals surface area (Å²) in [6.07, 6.45) is 6.88. The van der Waals surface area contributed by atoms with Crippen molar-refractivity contribution in [1.82, 2.24) is 24.6 Å². The van der Waals surface area contributed by atoms with Crippen molar-refractivity contribution in [2.45, 2.75) is 58.3 Å². The average molecular weight is 394 g/mol. The van der Waals surface area contributed by atoms with Crippen molar-refractivity contribution >= 4 is 33.1 Å². The molecule has 0 amide bonds. The molecule has 0 atom stereocenters. The summed E-state index contributed by atoms with van der Waals surface area (Å²) >= 11 is 1.75. The molecule has 4 aromatic heterocycles. The fraction of sp³-hybridized carbons (Fsp3) is 0.429. The first kappa shape index (κ1) is 17.6. The normalized spacial score (nSPS) is 16.1. The molecule has 6 nitrogen and oxygen atoms in total. The van der Waals surface area contributed by atoms with Gasteiger partial charge in [-0.2, -0.15) is 5.10 Å². The Morgan fingerprint density at radius 1 is 1.29 bits per heavy atom. The molecule has 1 saturated carbocycles. The van der Waals surface area contributed by atoms with Crippen LogP contribution in [0.15, 0.2) is 18.6 Å². The maximum Gasteiger partial charge on any atom is 0.155 e. The Morgan fingerprint density at radius 2 is 2.07 bits per heavy atom. The molecule has 4 heterocycles. The first-order valence-electron chi connectivity index (χ1n) is 9.85. The molecule has 144 valence electrons. The quantitative estimate of drug-likeness (QED) is 0.532. The highest BCUT2D eigenvalue weighted by Gasteiger charge is 2.26. The van der Waals surface area contributed by atoms with E-state index in [2.05, 4.69) is 41.9 Å². The number of fused-ring (bicyclic) bond motifs is 2. The van der Waals surface area contributed by atoms with Crippen molar-refractivity contribution in [2.24, 2.45) is 0 Å². The molecule has 0 aliphatic heterocycles. The summed E-state index contributed by atoms with van der Waals surface area (Å²) in [4.78, 5) is 25.7. The van der Waals surface area contributed by atoms with Crippen LogP contribution in [0, 0.1) is 6.92 Å². The lowest BCUT2D eigenvalue weighted by molar-refractivity contribution is -0.120. The molecule has 1 fully saturated rings. The van der Waals surface area contributed by atoms with Gasteiger partial charge in [0.25, 0.3) is 0 Å². The second-order valence-electron chi connectivity index (χ2n) is 8.04. The van der Waals surface area contributed by atoms with E-state index in [0.29, 0.717) is 30.5 Å². The molecule has 0 unspecified atom stereocenters. The van der Waals surface area contributed by atoms with Gasteiger partial charge in [-0.15, -0.1) is 11.3 Å². The van der Waals surface area contributed by atoms with E-state index in [1.54, 1.807) is 17.7 Å². The predicted molar refractivity (Wildman–Crippen MR) is 111 cm³/mol. The summed E-state index contributed by atoms with van der Waals surface area (Å²) in [5.74, 6) is 1.15. The van der Waals surface area contributed by atoms with Gasteiger partial charge in [-0.1, -0.05) is 13.8 Å². The van der Waals surface area contributed by atoms with Crippen molar-refractivity contribution < 1.29 is 4.79 Å². The van der Waals surface area contributed by atoms with Crippen molar-refractivity contribution in [1.29, 1.82) is 0 Å². The largest absolute Gasteiger partial charge is 0.345 e. The van der Waals surface area contributed by atoms with Crippen LogP contribution >= 0.6 is 11.3 Å². The first-order chi connectivity index (χ1) is 13.5. The Bertz CT molecular complexity index is 1190. The van der Waals surface area contributed by atoms with Gasteiger partial charge in [0.15, 0.2) is 5.65 Å². The van der Waals surface area contributed by atoms with Crippen LogP contribution in [0.2, 0.25) is 0 Å². The molecule has 1 aliphatic rings. The number of rotatable bonds is 3. The number of ketones is 1.